The van der Waals surface area contributed by atoms with Gasteiger partial charge in [0.05, 0.1) is 25.1 Å². The van der Waals surface area contributed by atoms with Crippen LogP contribution in [0.1, 0.15) is 5.56 Å². The predicted molar refractivity (Wildman–Crippen MR) is 111 cm³/mol. The van der Waals surface area contributed by atoms with Gasteiger partial charge in [-0.1, -0.05) is 18.2 Å². The number of alkyl halides is 2. The molecule has 0 saturated carbocycles. The van der Waals surface area contributed by atoms with Crippen molar-refractivity contribution in [3.8, 4) is 11.5 Å². The molecule has 0 unspecified atom stereocenters. The fraction of sp³-hybridized carbons (Fsp3) is 0.300. The molecule has 0 aliphatic rings. The van der Waals surface area contributed by atoms with Crippen LogP contribution in [0, 0.1) is 0 Å². The third-order valence-corrected chi connectivity index (χ3v) is 4.94. The molecule has 0 fully saturated rings. The van der Waals surface area contributed by atoms with Crippen molar-refractivity contribution >= 4 is 29.3 Å². The number of thioether (sulfide) groups is 1. The molecule has 0 radical (unpaired) electrons. The summed E-state index contributed by atoms with van der Waals surface area (Å²) in [5, 5.41) is 2.81. The van der Waals surface area contributed by atoms with Gasteiger partial charge in [0.1, 0.15) is 0 Å². The lowest BCUT2D eigenvalue weighted by atomic mass is 10.2. The van der Waals surface area contributed by atoms with Crippen LogP contribution in [0.5, 0.6) is 11.5 Å². The van der Waals surface area contributed by atoms with Crippen molar-refractivity contribution in [3.63, 3.8) is 0 Å². The molecule has 0 spiro atoms. The van der Waals surface area contributed by atoms with Gasteiger partial charge in [0.25, 0.3) is 0 Å². The minimum Gasteiger partial charge on any atom is -0.493 e. The number of hydrogen-bond donors (Lipinski definition) is 2. The number of primary amides is 1. The van der Waals surface area contributed by atoms with E-state index in [1.165, 1.54) is 31.0 Å². The Morgan fingerprint density at radius 1 is 1.20 bits per heavy atom. The average Bonchev–Trinajstić information content (AvgIpc) is 2.66. The van der Waals surface area contributed by atoms with Crippen LogP contribution in [-0.2, 0) is 16.1 Å². The lowest BCUT2D eigenvalue weighted by Crippen LogP contribution is -2.30. The Morgan fingerprint density at radius 2 is 1.93 bits per heavy atom. The molecule has 7 nitrogen and oxygen atoms in total. The maximum absolute atomic E-state index is 12.6. The number of benzene rings is 2. The Balaban J connectivity index is 1.98. The number of likely N-dealkylation sites (N-methyl/N-ethyl adjacent to an activating group) is 1. The van der Waals surface area contributed by atoms with Gasteiger partial charge in [-0.25, -0.2) is 0 Å². The Bertz CT molecular complexity index is 883. The molecule has 2 amide bonds. The highest BCUT2D eigenvalue weighted by Crippen LogP contribution is 2.30. The van der Waals surface area contributed by atoms with Crippen molar-refractivity contribution in [2.45, 2.75) is 18.1 Å². The standard InChI is InChI=1S/C20H23F2N3O4S/c1-25(10-13-7-8-15(28-2)16(9-13)29-20(21)22)11-19(27)24-14-5-3-4-6-17(14)30-12-18(23)26/h3-9,20H,10-12H2,1-2H3,(H2,23,26)(H,24,27). The lowest BCUT2D eigenvalue weighted by Gasteiger charge is -2.18. The minimum absolute atomic E-state index is 0.0614. The SMILES string of the molecule is COc1ccc(CN(C)CC(=O)Nc2ccccc2SCC(N)=O)cc1OC(F)F. The molecule has 2 aromatic rings. The van der Waals surface area contributed by atoms with Gasteiger partial charge >= 0.3 is 6.61 Å². The van der Waals surface area contributed by atoms with Crippen LogP contribution < -0.4 is 20.5 Å². The molecule has 162 valence electrons. The van der Waals surface area contributed by atoms with Crippen LogP contribution in [0.3, 0.4) is 0 Å². The number of ether oxygens (including phenoxy) is 2. The number of carbonyl (C=O) groups excluding carboxylic acids is 2. The van der Waals surface area contributed by atoms with Crippen molar-refractivity contribution in [2.24, 2.45) is 5.73 Å². The summed E-state index contributed by atoms with van der Waals surface area (Å²) in [6.07, 6.45) is 0. The number of para-hydroxylation sites is 1. The van der Waals surface area contributed by atoms with E-state index in [-0.39, 0.29) is 29.7 Å². The molecule has 0 aliphatic carbocycles. The number of rotatable bonds is 11. The Hall–Kier alpha value is -2.85. The summed E-state index contributed by atoms with van der Waals surface area (Å²) in [5.74, 6) is -0.474. The van der Waals surface area contributed by atoms with E-state index in [9.17, 15) is 18.4 Å². The van der Waals surface area contributed by atoms with E-state index >= 15 is 0 Å². The summed E-state index contributed by atoms with van der Waals surface area (Å²) in [6.45, 7) is -2.58. The second kappa shape index (κ2) is 11.4. The van der Waals surface area contributed by atoms with Gasteiger partial charge in [-0.3, -0.25) is 14.5 Å². The van der Waals surface area contributed by atoms with Crippen LogP contribution >= 0.6 is 11.8 Å². The third-order valence-electron chi connectivity index (χ3n) is 3.84. The van der Waals surface area contributed by atoms with Crippen molar-refractivity contribution in [3.05, 3.63) is 48.0 Å². The summed E-state index contributed by atoms with van der Waals surface area (Å²) < 4.78 is 34.6. The van der Waals surface area contributed by atoms with Crippen LogP contribution in [0.25, 0.3) is 0 Å². The zero-order valence-electron chi connectivity index (χ0n) is 16.6. The Kier molecular flexibility index (Phi) is 8.88. The normalized spacial score (nSPS) is 10.9. The van der Waals surface area contributed by atoms with Gasteiger partial charge in [0.15, 0.2) is 11.5 Å². The number of anilines is 1. The quantitative estimate of drug-likeness (QED) is 0.523. The fourth-order valence-electron chi connectivity index (χ4n) is 2.65. The Labute approximate surface area is 177 Å². The Morgan fingerprint density at radius 3 is 2.60 bits per heavy atom. The van der Waals surface area contributed by atoms with Gasteiger partial charge < -0.3 is 20.5 Å². The molecule has 0 aromatic heterocycles. The number of nitrogens with two attached hydrogens (primary N) is 1. The molecule has 2 rings (SSSR count). The van der Waals surface area contributed by atoms with E-state index in [4.69, 9.17) is 10.5 Å². The van der Waals surface area contributed by atoms with Crippen molar-refractivity contribution in [2.75, 3.05) is 31.8 Å². The van der Waals surface area contributed by atoms with Crippen LogP contribution in [0.2, 0.25) is 0 Å². The molecule has 30 heavy (non-hydrogen) atoms. The molecular formula is C20H23F2N3O4S. The molecule has 0 saturated heterocycles. The molecule has 0 heterocycles. The van der Waals surface area contributed by atoms with E-state index in [0.717, 1.165) is 4.90 Å². The number of methoxy groups -OCH3 is 1. The average molecular weight is 439 g/mol. The first kappa shape index (κ1) is 23.4. The van der Waals surface area contributed by atoms with E-state index in [0.29, 0.717) is 17.8 Å². The monoisotopic (exact) mass is 439 g/mol. The summed E-state index contributed by atoms with van der Waals surface area (Å²) in [5.41, 5.74) is 6.44. The van der Waals surface area contributed by atoms with Crippen LogP contribution in [0.4, 0.5) is 14.5 Å². The van der Waals surface area contributed by atoms with Gasteiger partial charge in [0.2, 0.25) is 11.8 Å². The van der Waals surface area contributed by atoms with E-state index in [1.807, 2.05) is 0 Å². The molecule has 3 N–H and O–H groups in total. The second-order valence-corrected chi connectivity index (χ2v) is 7.35. The first-order valence-electron chi connectivity index (χ1n) is 8.88. The first-order valence-corrected chi connectivity index (χ1v) is 9.87. The zero-order valence-corrected chi connectivity index (χ0v) is 17.4. The van der Waals surface area contributed by atoms with E-state index < -0.39 is 12.5 Å². The number of amides is 2. The number of carbonyl (C=O) groups is 2. The molecule has 2 aromatic carbocycles. The lowest BCUT2D eigenvalue weighted by molar-refractivity contribution is -0.117. The maximum atomic E-state index is 12.6. The molecule has 0 aliphatic heterocycles. The molecule has 0 bridgehead atoms. The smallest absolute Gasteiger partial charge is 0.387 e. The van der Waals surface area contributed by atoms with Gasteiger partial charge in [-0.05, 0) is 36.9 Å². The number of halogens is 2. The minimum atomic E-state index is -2.97. The van der Waals surface area contributed by atoms with Crippen LogP contribution in [-0.4, -0.2) is 49.8 Å². The highest BCUT2D eigenvalue weighted by atomic mass is 32.2. The summed E-state index contributed by atoms with van der Waals surface area (Å²) >= 11 is 1.24. The number of nitrogens with one attached hydrogen (secondary N) is 1. The number of nitrogens with zero attached hydrogens (tertiary/aromatic N) is 1. The molecule has 10 heteroatoms. The van der Waals surface area contributed by atoms with E-state index in [1.54, 1.807) is 42.3 Å². The molecular weight excluding hydrogens is 416 g/mol. The highest BCUT2D eigenvalue weighted by molar-refractivity contribution is 8.00. The van der Waals surface area contributed by atoms with Gasteiger partial charge in [0, 0.05) is 11.4 Å². The third kappa shape index (κ3) is 7.53. The fourth-order valence-corrected chi connectivity index (χ4v) is 3.40. The van der Waals surface area contributed by atoms with E-state index in [2.05, 4.69) is 10.1 Å². The first-order chi connectivity index (χ1) is 14.3. The summed E-state index contributed by atoms with van der Waals surface area (Å²) in [4.78, 5) is 25.9. The van der Waals surface area contributed by atoms with Crippen LogP contribution in [0.15, 0.2) is 47.4 Å². The highest BCUT2D eigenvalue weighted by Gasteiger charge is 2.14. The zero-order chi connectivity index (χ0) is 22.1. The second-order valence-electron chi connectivity index (χ2n) is 6.34. The summed E-state index contributed by atoms with van der Waals surface area (Å²) in [7, 11) is 3.09. The van der Waals surface area contributed by atoms with Crippen molar-refractivity contribution in [1.29, 1.82) is 0 Å². The van der Waals surface area contributed by atoms with Gasteiger partial charge in [-0.2, -0.15) is 8.78 Å². The topological polar surface area (TPSA) is 93.9 Å². The van der Waals surface area contributed by atoms with Crippen molar-refractivity contribution < 1.29 is 27.8 Å². The summed E-state index contributed by atoms with van der Waals surface area (Å²) in [6, 6.07) is 11.8. The number of hydrogen-bond acceptors (Lipinski definition) is 6. The predicted octanol–water partition coefficient (Wildman–Crippen LogP) is 2.94. The maximum Gasteiger partial charge on any atom is 0.387 e. The largest absolute Gasteiger partial charge is 0.493 e. The van der Waals surface area contributed by atoms with Gasteiger partial charge in [-0.15, -0.1) is 11.8 Å². The molecule has 0 atom stereocenters. The van der Waals surface area contributed by atoms with Crippen molar-refractivity contribution in [1.82, 2.24) is 4.90 Å².